The minimum atomic E-state index is 0.123. The molecule has 2 N–H and O–H groups in total. The number of nitrogens with two attached hydrogens (primary N) is 1. The minimum Gasteiger partial charge on any atom is -0.339 e. The van der Waals surface area contributed by atoms with E-state index >= 15 is 0 Å². The maximum atomic E-state index is 5.68. The monoisotopic (exact) mass is 374 g/mol. The van der Waals surface area contributed by atoms with Gasteiger partial charge >= 0.3 is 0 Å². The van der Waals surface area contributed by atoms with Gasteiger partial charge in [0.2, 0.25) is 11.7 Å². The summed E-state index contributed by atoms with van der Waals surface area (Å²) in [4.78, 5) is 8.55. The lowest BCUT2D eigenvalue weighted by Crippen LogP contribution is -2.15. The van der Waals surface area contributed by atoms with E-state index in [1.54, 1.807) is 6.20 Å². The van der Waals surface area contributed by atoms with Gasteiger partial charge in [-0.1, -0.05) is 5.16 Å². The van der Waals surface area contributed by atoms with Crippen LogP contribution >= 0.6 is 31.9 Å². The second-order valence-corrected chi connectivity index (χ2v) is 5.78. The Balaban J connectivity index is 2.18. The fourth-order valence-corrected chi connectivity index (χ4v) is 2.55. The Morgan fingerprint density at radius 2 is 2.22 bits per heavy atom. The van der Waals surface area contributed by atoms with Crippen molar-refractivity contribution in [2.75, 3.05) is 0 Å². The van der Waals surface area contributed by atoms with E-state index < -0.39 is 0 Å². The molecule has 0 spiro atoms. The zero-order chi connectivity index (χ0) is 13.1. The zero-order valence-corrected chi connectivity index (χ0v) is 12.9. The van der Waals surface area contributed by atoms with Crippen LogP contribution in [0.25, 0.3) is 11.5 Å². The van der Waals surface area contributed by atoms with Gasteiger partial charge in [-0.25, -0.2) is 0 Å². The summed E-state index contributed by atoms with van der Waals surface area (Å²) in [5, 5.41) is 3.92. The first kappa shape index (κ1) is 13.6. The molecule has 0 bridgehead atoms. The van der Waals surface area contributed by atoms with Crippen LogP contribution in [-0.2, 0) is 6.42 Å². The highest BCUT2D eigenvalue weighted by Crippen LogP contribution is 2.26. The average molecular weight is 376 g/mol. The molecule has 0 radical (unpaired) electrons. The molecular weight excluding hydrogens is 364 g/mol. The largest absolute Gasteiger partial charge is 0.339 e. The van der Waals surface area contributed by atoms with Crippen LogP contribution in [0.5, 0.6) is 0 Å². The number of hydrogen-bond donors (Lipinski definition) is 1. The van der Waals surface area contributed by atoms with Gasteiger partial charge in [-0.15, -0.1) is 0 Å². The van der Waals surface area contributed by atoms with E-state index in [-0.39, 0.29) is 6.04 Å². The van der Waals surface area contributed by atoms with Gasteiger partial charge in [0.25, 0.3) is 0 Å². The summed E-state index contributed by atoms with van der Waals surface area (Å²) in [5.41, 5.74) is 6.35. The molecule has 2 rings (SSSR count). The smallest absolute Gasteiger partial charge is 0.227 e. The van der Waals surface area contributed by atoms with Gasteiger partial charge in [0.05, 0.1) is 0 Å². The molecule has 0 aliphatic heterocycles. The molecule has 1 atom stereocenters. The van der Waals surface area contributed by atoms with E-state index in [0.717, 1.165) is 15.4 Å². The van der Waals surface area contributed by atoms with Crippen LogP contribution in [0.1, 0.15) is 19.2 Å². The number of nitrogens with zero attached hydrogens (tertiary/aromatic N) is 3. The zero-order valence-electron chi connectivity index (χ0n) is 9.73. The van der Waals surface area contributed by atoms with Crippen molar-refractivity contribution >= 4 is 31.9 Å². The highest BCUT2D eigenvalue weighted by atomic mass is 79.9. The predicted molar refractivity (Wildman–Crippen MR) is 74.9 cm³/mol. The SMILES string of the molecule is CC(N)CCc1nc(-c2ncc(Br)cc2Br)no1. The Hall–Kier alpha value is -0.790. The van der Waals surface area contributed by atoms with E-state index in [1.807, 2.05) is 13.0 Å². The third-order valence-electron chi connectivity index (χ3n) is 2.30. The van der Waals surface area contributed by atoms with E-state index in [0.29, 0.717) is 23.8 Å². The van der Waals surface area contributed by atoms with Crippen LogP contribution in [-0.4, -0.2) is 21.2 Å². The standard InChI is InChI=1S/C11H12Br2N4O/c1-6(14)2-3-9-16-11(17-18-9)10-8(13)4-7(12)5-15-10/h4-6H,2-3,14H2,1H3. The van der Waals surface area contributed by atoms with Gasteiger partial charge in [0, 0.05) is 27.6 Å². The van der Waals surface area contributed by atoms with Gasteiger partial charge in [-0.2, -0.15) is 4.98 Å². The molecule has 0 aliphatic carbocycles. The number of aryl methyl sites for hydroxylation is 1. The Morgan fingerprint density at radius 1 is 1.44 bits per heavy atom. The van der Waals surface area contributed by atoms with E-state index in [1.165, 1.54) is 0 Å². The highest BCUT2D eigenvalue weighted by molar-refractivity contribution is 9.11. The molecule has 2 heterocycles. The topological polar surface area (TPSA) is 77.8 Å². The lowest BCUT2D eigenvalue weighted by atomic mass is 10.2. The maximum Gasteiger partial charge on any atom is 0.227 e. The normalized spacial score (nSPS) is 12.7. The molecule has 0 saturated heterocycles. The van der Waals surface area contributed by atoms with Crippen LogP contribution in [0.15, 0.2) is 25.7 Å². The fourth-order valence-electron chi connectivity index (χ4n) is 1.38. The van der Waals surface area contributed by atoms with Gasteiger partial charge in [-0.3, -0.25) is 4.98 Å². The number of rotatable bonds is 4. The molecule has 0 amide bonds. The number of pyridine rings is 1. The first-order chi connectivity index (χ1) is 8.56. The van der Waals surface area contributed by atoms with E-state index in [4.69, 9.17) is 10.3 Å². The Labute approximate surface area is 121 Å². The van der Waals surface area contributed by atoms with E-state index in [9.17, 15) is 0 Å². The number of hydrogen-bond acceptors (Lipinski definition) is 5. The minimum absolute atomic E-state index is 0.123. The first-order valence-corrected chi connectivity index (χ1v) is 7.04. The summed E-state index contributed by atoms with van der Waals surface area (Å²) >= 11 is 6.77. The molecule has 18 heavy (non-hydrogen) atoms. The predicted octanol–water partition coefficient (Wildman–Crippen LogP) is 2.94. The Morgan fingerprint density at radius 3 is 2.89 bits per heavy atom. The first-order valence-electron chi connectivity index (χ1n) is 5.46. The molecule has 2 aromatic heterocycles. The molecule has 0 aromatic carbocycles. The lowest BCUT2D eigenvalue weighted by molar-refractivity contribution is 0.372. The van der Waals surface area contributed by atoms with Gasteiger partial charge in [0.1, 0.15) is 5.69 Å². The Kier molecular flexibility index (Phi) is 4.47. The van der Waals surface area contributed by atoms with Crippen molar-refractivity contribution in [2.45, 2.75) is 25.8 Å². The quantitative estimate of drug-likeness (QED) is 0.888. The number of halogens is 2. The highest BCUT2D eigenvalue weighted by Gasteiger charge is 2.13. The molecule has 7 heteroatoms. The molecule has 0 aliphatic rings. The van der Waals surface area contributed by atoms with Gasteiger partial charge in [0.15, 0.2) is 0 Å². The lowest BCUT2D eigenvalue weighted by Gasteiger charge is -1.99. The summed E-state index contributed by atoms with van der Waals surface area (Å²) in [6, 6.07) is 2.01. The van der Waals surface area contributed by atoms with Crippen LogP contribution in [0, 0.1) is 0 Å². The summed E-state index contributed by atoms with van der Waals surface area (Å²) in [5.74, 6) is 1.06. The van der Waals surface area contributed by atoms with Crippen molar-refractivity contribution in [1.82, 2.24) is 15.1 Å². The van der Waals surface area contributed by atoms with Crippen LogP contribution in [0.4, 0.5) is 0 Å². The Bertz CT molecular complexity index is 542. The fraction of sp³-hybridized carbons (Fsp3) is 0.364. The molecule has 0 fully saturated rings. The van der Waals surface area contributed by atoms with Crippen molar-refractivity contribution in [3.63, 3.8) is 0 Å². The number of aromatic nitrogens is 3. The van der Waals surface area contributed by atoms with Crippen molar-refractivity contribution < 1.29 is 4.52 Å². The third kappa shape index (κ3) is 3.37. The van der Waals surface area contributed by atoms with Crippen molar-refractivity contribution in [1.29, 1.82) is 0 Å². The van der Waals surface area contributed by atoms with Crippen LogP contribution < -0.4 is 5.73 Å². The van der Waals surface area contributed by atoms with Crippen molar-refractivity contribution in [3.8, 4) is 11.5 Å². The van der Waals surface area contributed by atoms with Crippen molar-refractivity contribution in [3.05, 3.63) is 27.1 Å². The molecule has 0 saturated carbocycles. The summed E-state index contributed by atoms with van der Waals surface area (Å²) < 4.78 is 6.87. The summed E-state index contributed by atoms with van der Waals surface area (Å²) in [7, 11) is 0. The van der Waals surface area contributed by atoms with Gasteiger partial charge < -0.3 is 10.3 Å². The summed E-state index contributed by atoms with van der Waals surface area (Å²) in [6.07, 6.45) is 3.19. The molecule has 1 unspecified atom stereocenters. The molecule has 2 aromatic rings. The molecule has 5 nitrogen and oxygen atoms in total. The second kappa shape index (κ2) is 5.90. The second-order valence-electron chi connectivity index (χ2n) is 4.01. The van der Waals surface area contributed by atoms with E-state index in [2.05, 4.69) is 47.0 Å². The van der Waals surface area contributed by atoms with Gasteiger partial charge in [-0.05, 0) is 51.3 Å². The van der Waals surface area contributed by atoms with Crippen LogP contribution in [0.3, 0.4) is 0 Å². The third-order valence-corrected chi connectivity index (χ3v) is 3.34. The van der Waals surface area contributed by atoms with Crippen molar-refractivity contribution in [2.24, 2.45) is 5.73 Å². The average Bonchev–Trinajstić information content (AvgIpc) is 2.75. The summed E-state index contributed by atoms with van der Waals surface area (Å²) in [6.45, 7) is 1.95. The molecular formula is C11H12Br2N4O. The maximum absolute atomic E-state index is 5.68. The van der Waals surface area contributed by atoms with Crippen LogP contribution in [0.2, 0.25) is 0 Å². The molecule has 96 valence electrons.